The van der Waals surface area contributed by atoms with Crippen molar-refractivity contribution in [2.75, 3.05) is 0 Å². The highest BCUT2D eigenvalue weighted by Gasteiger charge is 2.16. The molecule has 8 heteroatoms. The zero-order chi connectivity index (χ0) is 19.5. The molecule has 2 aromatic heterocycles. The standard InChI is InChI=1S/C20H24N6O2/c1-14(11-25-13-21-12-22-25)23-19(27)15-7-8-16-17(10-15)24-18-6-4-2-3-5-9-26(18)20(16)28/h7-8,10,12-14H,2-6,9,11H2,1H3,(H,23,27). The maximum absolute atomic E-state index is 12.9. The molecule has 1 unspecified atom stereocenters. The normalized spacial score (nSPS) is 15.5. The van der Waals surface area contributed by atoms with Gasteiger partial charge in [-0.25, -0.2) is 9.97 Å². The van der Waals surface area contributed by atoms with Crippen molar-refractivity contribution in [2.24, 2.45) is 0 Å². The number of fused-ring (bicyclic) bond motifs is 2. The van der Waals surface area contributed by atoms with Crippen LogP contribution in [0.3, 0.4) is 0 Å². The molecule has 8 nitrogen and oxygen atoms in total. The lowest BCUT2D eigenvalue weighted by Gasteiger charge is -2.17. The van der Waals surface area contributed by atoms with Crippen LogP contribution in [0.4, 0.5) is 0 Å². The van der Waals surface area contributed by atoms with Gasteiger partial charge in [0.25, 0.3) is 11.5 Å². The minimum Gasteiger partial charge on any atom is -0.348 e. The van der Waals surface area contributed by atoms with Crippen LogP contribution in [0.2, 0.25) is 0 Å². The Balaban J connectivity index is 1.59. The number of hydrogen-bond donors (Lipinski definition) is 1. The van der Waals surface area contributed by atoms with Crippen LogP contribution in [0, 0.1) is 0 Å². The number of carbonyl (C=O) groups is 1. The molecule has 0 fully saturated rings. The van der Waals surface area contributed by atoms with Crippen LogP contribution in [0.1, 0.15) is 48.8 Å². The second-order valence-corrected chi connectivity index (χ2v) is 7.37. The van der Waals surface area contributed by atoms with E-state index in [1.54, 1.807) is 33.8 Å². The van der Waals surface area contributed by atoms with Crippen LogP contribution in [0.25, 0.3) is 10.9 Å². The molecule has 0 saturated heterocycles. The molecular weight excluding hydrogens is 356 g/mol. The lowest BCUT2D eigenvalue weighted by Crippen LogP contribution is -2.35. The van der Waals surface area contributed by atoms with Crippen LogP contribution in [-0.2, 0) is 19.5 Å². The fourth-order valence-corrected chi connectivity index (χ4v) is 3.70. The van der Waals surface area contributed by atoms with Gasteiger partial charge in [0.1, 0.15) is 18.5 Å². The number of hydrogen-bond acceptors (Lipinski definition) is 5. The zero-order valence-corrected chi connectivity index (χ0v) is 16.0. The molecule has 1 amide bonds. The number of aryl methyl sites for hydroxylation is 1. The summed E-state index contributed by atoms with van der Waals surface area (Å²) in [4.78, 5) is 34.1. The van der Waals surface area contributed by atoms with Gasteiger partial charge in [0.15, 0.2) is 0 Å². The van der Waals surface area contributed by atoms with E-state index in [2.05, 4.69) is 15.4 Å². The SMILES string of the molecule is CC(Cn1cncn1)NC(=O)c1ccc2c(=O)n3c(nc2c1)CCCCCC3. The number of nitrogens with one attached hydrogen (secondary N) is 1. The van der Waals surface area contributed by atoms with Crippen LogP contribution < -0.4 is 10.9 Å². The maximum atomic E-state index is 12.9. The van der Waals surface area contributed by atoms with Gasteiger partial charge in [0.2, 0.25) is 0 Å². The van der Waals surface area contributed by atoms with Gasteiger partial charge < -0.3 is 5.32 Å². The number of amides is 1. The second kappa shape index (κ2) is 7.92. The Labute approximate surface area is 162 Å². The molecule has 1 aliphatic heterocycles. The Hall–Kier alpha value is -3.03. The van der Waals surface area contributed by atoms with Crippen molar-refractivity contribution < 1.29 is 4.79 Å². The fourth-order valence-electron chi connectivity index (χ4n) is 3.70. The molecule has 3 heterocycles. The summed E-state index contributed by atoms with van der Waals surface area (Å²) in [5, 5.41) is 7.57. The molecule has 0 radical (unpaired) electrons. The molecule has 3 aromatic rings. The summed E-state index contributed by atoms with van der Waals surface area (Å²) in [5.74, 6) is 0.637. The summed E-state index contributed by atoms with van der Waals surface area (Å²) < 4.78 is 3.48. The van der Waals surface area contributed by atoms with Crippen LogP contribution >= 0.6 is 0 Å². The van der Waals surface area contributed by atoms with Crippen molar-refractivity contribution in [1.82, 2.24) is 29.6 Å². The van der Waals surface area contributed by atoms with Crippen molar-refractivity contribution in [2.45, 2.75) is 58.2 Å². The Morgan fingerprint density at radius 1 is 1.25 bits per heavy atom. The van der Waals surface area contributed by atoms with E-state index in [1.807, 2.05) is 6.92 Å². The Bertz CT molecular complexity index is 1040. The number of rotatable bonds is 4. The van der Waals surface area contributed by atoms with Crippen LogP contribution in [-0.4, -0.2) is 36.3 Å². The molecule has 146 valence electrons. The first-order chi connectivity index (χ1) is 13.6. The van der Waals surface area contributed by atoms with Gasteiger partial charge in [-0.1, -0.05) is 12.8 Å². The van der Waals surface area contributed by atoms with E-state index in [4.69, 9.17) is 4.98 Å². The molecule has 4 rings (SSSR count). The van der Waals surface area contributed by atoms with Gasteiger partial charge in [0.05, 0.1) is 17.4 Å². The molecule has 1 aromatic carbocycles. The number of carbonyl (C=O) groups excluding carboxylic acids is 1. The number of aromatic nitrogens is 5. The molecule has 0 saturated carbocycles. The largest absolute Gasteiger partial charge is 0.348 e. The first kappa shape index (κ1) is 18.3. The highest BCUT2D eigenvalue weighted by molar-refractivity contribution is 5.97. The van der Waals surface area contributed by atoms with Crippen molar-refractivity contribution in [3.05, 3.63) is 52.6 Å². The van der Waals surface area contributed by atoms with E-state index in [0.717, 1.165) is 38.1 Å². The molecule has 1 N–H and O–H groups in total. The minimum atomic E-state index is -0.192. The summed E-state index contributed by atoms with van der Waals surface area (Å²) in [6.45, 7) is 3.17. The third-order valence-corrected chi connectivity index (χ3v) is 5.13. The molecule has 0 bridgehead atoms. The molecule has 28 heavy (non-hydrogen) atoms. The Morgan fingerprint density at radius 2 is 2.11 bits per heavy atom. The minimum absolute atomic E-state index is 0.00610. The molecular formula is C20H24N6O2. The monoisotopic (exact) mass is 380 g/mol. The summed E-state index contributed by atoms with van der Waals surface area (Å²) in [6, 6.07) is 5.01. The topological polar surface area (TPSA) is 94.7 Å². The maximum Gasteiger partial charge on any atom is 0.261 e. The van der Waals surface area contributed by atoms with Gasteiger partial charge in [-0.2, -0.15) is 5.10 Å². The van der Waals surface area contributed by atoms with Crippen molar-refractivity contribution in [3.8, 4) is 0 Å². The predicted octanol–water partition coefficient (Wildman–Crippen LogP) is 1.92. The van der Waals surface area contributed by atoms with E-state index in [9.17, 15) is 9.59 Å². The van der Waals surface area contributed by atoms with Crippen molar-refractivity contribution >= 4 is 16.8 Å². The lowest BCUT2D eigenvalue weighted by atomic mass is 10.1. The first-order valence-corrected chi connectivity index (χ1v) is 9.78. The summed E-state index contributed by atoms with van der Waals surface area (Å²) in [6.07, 6.45) is 8.24. The second-order valence-electron chi connectivity index (χ2n) is 7.37. The van der Waals surface area contributed by atoms with E-state index in [1.165, 1.54) is 12.7 Å². The van der Waals surface area contributed by atoms with E-state index < -0.39 is 0 Å². The Morgan fingerprint density at radius 3 is 2.93 bits per heavy atom. The highest BCUT2D eigenvalue weighted by atomic mass is 16.1. The van der Waals surface area contributed by atoms with Gasteiger partial charge in [-0.05, 0) is 38.0 Å². The van der Waals surface area contributed by atoms with E-state index in [0.29, 0.717) is 23.0 Å². The average Bonchev–Trinajstić information content (AvgIpc) is 3.15. The molecule has 0 aliphatic carbocycles. The molecule has 1 atom stereocenters. The van der Waals surface area contributed by atoms with Crippen LogP contribution in [0.5, 0.6) is 0 Å². The number of nitrogens with zero attached hydrogens (tertiary/aromatic N) is 5. The quantitative estimate of drug-likeness (QED) is 0.746. The lowest BCUT2D eigenvalue weighted by molar-refractivity contribution is 0.0936. The third kappa shape index (κ3) is 3.81. The third-order valence-electron chi connectivity index (χ3n) is 5.13. The van der Waals surface area contributed by atoms with Gasteiger partial charge in [-0.15, -0.1) is 0 Å². The molecule has 1 aliphatic rings. The highest BCUT2D eigenvalue weighted by Crippen LogP contribution is 2.16. The fraction of sp³-hybridized carbons (Fsp3) is 0.450. The van der Waals surface area contributed by atoms with Gasteiger partial charge in [-0.3, -0.25) is 18.8 Å². The van der Waals surface area contributed by atoms with E-state index in [-0.39, 0.29) is 17.5 Å². The van der Waals surface area contributed by atoms with Gasteiger partial charge in [0, 0.05) is 24.6 Å². The molecule has 0 spiro atoms. The van der Waals surface area contributed by atoms with Crippen molar-refractivity contribution in [1.29, 1.82) is 0 Å². The van der Waals surface area contributed by atoms with Crippen LogP contribution in [0.15, 0.2) is 35.6 Å². The van der Waals surface area contributed by atoms with Gasteiger partial charge >= 0.3 is 0 Å². The smallest absolute Gasteiger partial charge is 0.261 e. The van der Waals surface area contributed by atoms with E-state index >= 15 is 0 Å². The summed E-state index contributed by atoms with van der Waals surface area (Å²) in [7, 11) is 0. The zero-order valence-electron chi connectivity index (χ0n) is 16.0. The first-order valence-electron chi connectivity index (χ1n) is 9.78. The summed E-state index contributed by atoms with van der Waals surface area (Å²) >= 11 is 0. The van der Waals surface area contributed by atoms with Crippen molar-refractivity contribution in [3.63, 3.8) is 0 Å². The average molecular weight is 380 g/mol. The Kier molecular flexibility index (Phi) is 5.18. The predicted molar refractivity (Wildman–Crippen MR) is 105 cm³/mol. The summed E-state index contributed by atoms with van der Waals surface area (Å²) in [5.41, 5.74) is 1.09. The number of benzene rings is 1.